The van der Waals surface area contributed by atoms with Crippen molar-refractivity contribution in [3.05, 3.63) is 52.8 Å². The number of rotatable bonds is 7. The smallest absolute Gasteiger partial charge is 0.263 e. The standard InChI is InChI=1S/C25H28ClN5O4.3ClH/c1-34-16-3-4-20-18(10-16)17(19(26)12-28-20)6-8-31-9-7-21(22(32)13-31)27-11-15-2-5-23-25(29-15)30-24(33)14-35-23;;;/h2-5,10,12,21-22,27,32H,6-9,11,13-14H2,1H3,(H,29,30,33);3*1H/t21-,22-;;;/m1.../s1. The number of nitrogens with one attached hydrogen (secondary N) is 2. The molecule has 2 aromatic heterocycles. The van der Waals surface area contributed by atoms with Crippen LogP contribution in [-0.2, 0) is 17.8 Å². The van der Waals surface area contributed by atoms with Crippen molar-refractivity contribution in [2.45, 2.75) is 31.5 Å². The van der Waals surface area contributed by atoms with E-state index in [1.165, 1.54) is 0 Å². The van der Waals surface area contributed by atoms with Crippen LogP contribution in [0.25, 0.3) is 10.9 Å². The summed E-state index contributed by atoms with van der Waals surface area (Å²) in [7, 11) is 1.65. The molecular formula is C25H31Cl4N5O4. The summed E-state index contributed by atoms with van der Waals surface area (Å²) < 4.78 is 10.7. The van der Waals surface area contributed by atoms with Gasteiger partial charge >= 0.3 is 0 Å². The predicted molar refractivity (Wildman–Crippen MR) is 155 cm³/mol. The Bertz CT molecular complexity index is 1250. The lowest BCUT2D eigenvalue weighted by molar-refractivity contribution is -0.118. The number of carbonyl (C=O) groups excluding carboxylic acids is 1. The van der Waals surface area contributed by atoms with Gasteiger partial charge in [-0.15, -0.1) is 37.2 Å². The zero-order valence-electron chi connectivity index (χ0n) is 20.7. The van der Waals surface area contributed by atoms with E-state index in [4.69, 9.17) is 21.1 Å². The number of amides is 1. The molecule has 5 rings (SSSR count). The van der Waals surface area contributed by atoms with Crippen molar-refractivity contribution >= 4 is 71.5 Å². The average Bonchev–Trinajstić information content (AvgIpc) is 2.87. The number of carbonyl (C=O) groups is 1. The third-order valence-corrected chi connectivity index (χ3v) is 6.88. The number of aliphatic hydroxyl groups is 1. The van der Waals surface area contributed by atoms with Crippen molar-refractivity contribution in [1.82, 2.24) is 20.2 Å². The van der Waals surface area contributed by atoms with Crippen molar-refractivity contribution in [2.75, 3.05) is 38.7 Å². The molecule has 0 radical (unpaired) electrons. The van der Waals surface area contributed by atoms with Crippen LogP contribution in [0.1, 0.15) is 17.7 Å². The van der Waals surface area contributed by atoms with E-state index in [-0.39, 0.29) is 55.8 Å². The highest BCUT2D eigenvalue weighted by atomic mass is 35.5. The monoisotopic (exact) mass is 605 g/mol. The molecule has 4 heterocycles. The Kier molecular flexibility index (Phi) is 12.1. The molecule has 2 aliphatic heterocycles. The number of likely N-dealkylation sites (tertiary alicyclic amines) is 1. The number of fused-ring (bicyclic) bond motifs is 2. The van der Waals surface area contributed by atoms with Gasteiger partial charge in [0.2, 0.25) is 0 Å². The predicted octanol–water partition coefficient (Wildman–Crippen LogP) is 3.66. The van der Waals surface area contributed by atoms with E-state index >= 15 is 0 Å². The SMILES string of the molecule is COc1ccc2ncc(Cl)c(CCN3CC[C@@H](NCc4ccc5c(n4)NC(=O)CO5)[C@H](O)C3)c2c1.Cl.Cl.Cl. The molecule has 1 aromatic carbocycles. The molecule has 3 N–H and O–H groups in total. The lowest BCUT2D eigenvalue weighted by atomic mass is 10.00. The molecule has 2 aliphatic rings. The number of piperidine rings is 1. The fourth-order valence-electron chi connectivity index (χ4n) is 4.63. The lowest BCUT2D eigenvalue weighted by Gasteiger charge is -2.36. The molecule has 13 heteroatoms. The molecule has 1 amide bonds. The zero-order valence-corrected chi connectivity index (χ0v) is 23.9. The molecule has 1 saturated heterocycles. The first-order valence-electron chi connectivity index (χ1n) is 11.7. The first-order valence-corrected chi connectivity index (χ1v) is 12.1. The van der Waals surface area contributed by atoms with Crippen LogP contribution in [0.3, 0.4) is 0 Å². The lowest BCUT2D eigenvalue weighted by Crippen LogP contribution is -2.52. The quantitative estimate of drug-likeness (QED) is 0.374. The maximum Gasteiger partial charge on any atom is 0.263 e. The van der Waals surface area contributed by atoms with Crippen LogP contribution in [0.2, 0.25) is 5.02 Å². The second-order valence-electron chi connectivity index (χ2n) is 8.85. The van der Waals surface area contributed by atoms with Gasteiger partial charge < -0.3 is 30.1 Å². The van der Waals surface area contributed by atoms with Gasteiger partial charge in [-0.25, -0.2) is 4.98 Å². The minimum atomic E-state index is -0.505. The van der Waals surface area contributed by atoms with Crippen LogP contribution in [0.4, 0.5) is 5.82 Å². The maximum atomic E-state index is 11.5. The van der Waals surface area contributed by atoms with Crippen LogP contribution in [-0.4, -0.2) is 71.4 Å². The number of nitrogens with zero attached hydrogens (tertiary/aromatic N) is 3. The van der Waals surface area contributed by atoms with Gasteiger partial charge in [0.05, 0.1) is 29.4 Å². The number of halogens is 4. The molecular weight excluding hydrogens is 576 g/mol. The van der Waals surface area contributed by atoms with Gasteiger partial charge in [-0.1, -0.05) is 11.6 Å². The number of benzene rings is 1. The first-order chi connectivity index (χ1) is 17.0. The van der Waals surface area contributed by atoms with Crippen LogP contribution in [0, 0.1) is 0 Å². The topological polar surface area (TPSA) is 109 Å². The zero-order chi connectivity index (χ0) is 24.4. The maximum absolute atomic E-state index is 11.5. The Balaban J connectivity index is 0.00000169. The third kappa shape index (κ3) is 7.30. The minimum Gasteiger partial charge on any atom is -0.497 e. The summed E-state index contributed by atoms with van der Waals surface area (Å²) in [6.07, 6.45) is 2.75. The molecule has 2 atom stereocenters. The molecule has 0 aliphatic carbocycles. The summed E-state index contributed by atoms with van der Waals surface area (Å²) in [6, 6.07) is 9.44. The van der Waals surface area contributed by atoms with Gasteiger partial charge in [-0.3, -0.25) is 9.78 Å². The average molecular weight is 607 g/mol. The van der Waals surface area contributed by atoms with Crippen LogP contribution < -0.4 is 20.1 Å². The third-order valence-electron chi connectivity index (χ3n) is 6.56. The van der Waals surface area contributed by atoms with E-state index in [0.29, 0.717) is 29.7 Å². The van der Waals surface area contributed by atoms with Gasteiger partial charge in [0, 0.05) is 37.3 Å². The highest BCUT2D eigenvalue weighted by Gasteiger charge is 2.27. The Morgan fingerprint density at radius 2 is 2.08 bits per heavy atom. The molecule has 1 fully saturated rings. The van der Waals surface area contributed by atoms with Gasteiger partial charge in [0.25, 0.3) is 5.91 Å². The molecule has 208 valence electrons. The molecule has 38 heavy (non-hydrogen) atoms. The Labute approximate surface area is 244 Å². The number of hydrogen-bond donors (Lipinski definition) is 3. The number of aliphatic hydroxyl groups excluding tert-OH is 1. The number of anilines is 1. The Morgan fingerprint density at radius 3 is 2.84 bits per heavy atom. The van der Waals surface area contributed by atoms with Crippen molar-refractivity contribution in [3.8, 4) is 11.5 Å². The molecule has 0 saturated carbocycles. The summed E-state index contributed by atoms with van der Waals surface area (Å²) in [5, 5.41) is 18.5. The van der Waals surface area contributed by atoms with E-state index in [1.54, 1.807) is 19.4 Å². The molecule has 9 nitrogen and oxygen atoms in total. The van der Waals surface area contributed by atoms with E-state index in [1.807, 2.05) is 24.3 Å². The number of ether oxygens (including phenoxy) is 2. The largest absolute Gasteiger partial charge is 0.497 e. The van der Waals surface area contributed by atoms with E-state index in [0.717, 1.165) is 53.8 Å². The number of β-amino-alcohol motifs (C(OH)–C–C–N with tert-alkyl or cyclic N) is 1. The Morgan fingerprint density at radius 1 is 1.26 bits per heavy atom. The molecule has 0 bridgehead atoms. The molecule has 0 unspecified atom stereocenters. The number of methoxy groups -OCH3 is 1. The number of aromatic nitrogens is 2. The van der Waals surface area contributed by atoms with Crippen molar-refractivity contribution < 1.29 is 19.4 Å². The van der Waals surface area contributed by atoms with E-state index in [2.05, 4.69) is 25.5 Å². The van der Waals surface area contributed by atoms with Gasteiger partial charge in [0.15, 0.2) is 18.2 Å². The summed E-state index contributed by atoms with van der Waals surface area (Å²) in [5.74, 6) is 1.57. The van der Waals surface area contributed by atoms with Crippen LogP contribution in [0.15, 0.2) is 36.5 Å². The highest BCUT2D eigenvalue weighted by molar-refractivity contribution is 6.32. The normalized spacial score (nSPS) is 18.7. The number of hydrogen-bond acceptors (Lipinski definition) is 8. The van der Waals surface area contributed by atoms with Crippen molar-refractivity contribution in [3.63, 3.8) is 0 Å². The summed E-state index contributed by atoms with van der Waals surface area (Å²) in [4.78, 5) is 22.7. The summed E-state index contributed by atoms with van der Waals surface area (Å²) >= 11 is 6.50. The van der Waals surface area contributed by atoms with E-state index in [9.17, 15) is 9.90 Å². The van der Waals surface area contributed by atoms with E-state index < -0.39 is 6.10 Å². The number of pyridine rings is 2. The van der Waals surface area contributed by atoms with Crippen molar-refractivity contribution in [2.24, 2.45) is 0 Å². The fourth-order valence-corrected chi connectivity index (χ4v) is 4.87. The molecule has 3 aromatic rings. The highest BCUT2D eigenvalue weighted by Crippen LogP contribution is 2.29. The summed E-state index contributed by atoms with van der Waals surface area (Å²) in [6.45, 7) is 2.72. The summed E-state index contributed by atoms with van der Waals surface area (Å²) in [5.41, 5.74) is 2.70. The van der Waals surface area contributed by atoms with Crippen LogP contribution in [0.5, 0.6) is 11.5 Å². The van der Waals surface area contributed by atoms with Crippen LogP contribution >= 0.6 is 48.8 Å². The van der Waals surface area contributed by atoms with Gasteiger partial charge in [0.1, 0.15) is 5.75 Å². The fraction of sp³-hybridized carbons (Fsp3) is 0.400. The molecule has 0 spiro atoms. The first kappa shape index (κ1) is 32.1. The van der Waals surface area contributed by atoms with Crippen molar-refractivity contribution in [1.29, 1.82) is 0 Å². The van der Waals surface area contributed by atoms with Gasteiger partial charge in [-0.2, -0.15) is 0 Å². The second-order valence-corrected chi connectivity index (χ2v) is 9.26. The Hall–Kier alpha value is -2.11. The minimum absolute atomic E-state index is 0. The second kappa shape index (κ2) is 14.3. The van der Waals surface area contributed by atoms with Gasteiger partial charge in [-0.05, 0) is 55.3 Å².